The number of esters is 1. The summed E-state index contributed by atoms with van der Waals surface area (Å²) >= 11 is 0. The Morgan fingerprint density at radius 1 is 1.27 bits per heavy atom. The summed E-state index contributed by atoms with van der Waals surface area (Å²) in [7, 11) is 0. The van der Waals surface area contributed by atoms with Crippen molar-refractivity contribution in [3.8, 4) is 0 Å². The van der Waals surface area contributed by atoms with Crippen molar-refractivity contribution in [3.63, 3.8) is 0 Å². The van der Waals surface area contributed by atoms with Gasteiger partial charge in [0.1, 0.15) is 5.76 Å². The first-order valence-electron chi connectivity index (χ1n) is 11.1. The fraction of sp³-hybridized carbons (Fsp3) is 0.652. The molecule has 3 aliphatic rings. The maximum atomic E-state index is 13.4. The molecule has 3 atom stereocenters. The van der Waals surface area contributed by atoms with Crippen LogP contribution in [0.3, 0.4) is 0 Å². The van der Waals surface area contributed by atoms with Crippen molar-refractivity contribution in [2.45, 2.75) is 51.6 Å². The molecule has 0 spiro atoms. The van der Waals surface area contributed by atoms with Crippen LogP contribution in [-0.2, 0) is 14.3 Å². The summed E-state index contributed by atoms with van der Waals surface area (Å²) in [6.45, 7) is 7.90. The summed E-state index contributed by atoms with van der Waals surface area (Å²) in [5, 5.41) is 0. The fourth-order valence-electron chi connectivity index (χ4n) is 5.15. The van der Waals surface area contributed by atoms with Crippen LogP contribution in [0.15, 0.2) is 28.7 Å². The Morgan fingerprint density at radius 3 is 2.83 bits per heavy atom. The number of allylic oxidation sites excluding steroid dienone is 1. The molecule has 1 aromatic rings. The van der Waals surface area contributed by atoms with Crippen LogP contribution in [0.25, 0.3) is 0 Å². The number of hydrogen-bond acceptors (Lipinski definition) is 6. The van der Waals surface area contributed by atoms with E-state index >= 15 is 0 Å². The predicted octanol–water partition coefficient (Wildman–Crippen LogP) is 3.18. The van der Waals surface area contributed by atoms with Crippen LogP contribution in [0.5, 0.6) is 0 Å². The van der Waals surface area contributed by atoms with Crippen molar-refractivity contribution in [1.82, 2.24) is 9.80 Å². The molecule has 0 N–H and O–H groups in total. The van der Waals surface area contributed by atoms with E-state index < -0.39 is 5.41 Å². The van der Waals surface area contributed by atoms with Gasteiger partial charge in [-0.05, 0) is 45.2 Å². The number of carbonyl (C=O) groups is 2. The summed E-state index contributed by atoms with van der Waals surface area (Å²) in [5.74, 6) is 0.791. The maximum Gasteiger partial charge on any atom is 0.314 e. The second kappa shape index (κ2) is 8.94. The van der Waals surface area contributed by atoms with E-state index in [1.807, 2.05) is 30.0 Å². The van der Waals surface area contributed by atoms with Crippen molar-refractivity contribution >= 4 is 11.9 Å². The first kappa shape index (κ1) is 21.1. The lowest BCUT2D eigenvalue weighted by molar-refractivity contribution is -0.157. The molecule has 30 heavy (non-hydrogen) atoms. The summed E-state index contributed by atoms with van der Waals surface area (Å²) in [4.78, 5) is 30.5. The lowest BCUT2D eigenvalue weighted by Crippen LogP contribution is -2.50. The number of ether oxygens (including phenoxy) is 2. The van der Waals surface area contributed by atoms with Crippen LogP contribution in [0.4, 0.5) is 0 Å². The molecule has 4 rings (SSSR count). The minimum atomic E-state index is -0.644. The smallest absolute Gasteiger partial charge is 0.314 e. The summed E-state index contributed by atoms with van der Waals surface area (Å²) < 4.78 is 16.9. The summed E-state index contributed by atoms with van der Waals surface area (Å²) in [5.41, 5.74) is -0.644. The molecule has 1 aromatic heterocycles. The number of morpholine rings is 1. The Balaban J connectivity index is 1.54. The molecule has 0 radical (unpaired) electrons. The molecular formula is C23H32N2O5. The lowest BCUT2D eigenvalue weighted by Gasteiger charge is -2.37. The molecule has 3 heterocycles. The number of nitrogens with zero attached hydrogens (tertiary/aromatic N) is 2. The van der Waals surface area contributed by atoms with E-state index in [0.29, 0.717) is 38.5 Å². The minimum absolute atomic E-state index is 0.0876. The monoisotopic (exact) mass is 416 g/mol. The highest BCUT2D eigenvalue weighted by Crippen LogP contribution is 2.47. The zero-order chi connectivity index (χ0) is 21.1. The van der Waals surface area contributed by atoms with Crippen molar-refractivity contribution < 1.29 is 23.5 Å². The van der Waals surface area contributed by atoms with E-state index in [1.54, 1.807) is 6.07 Å². The summed E-state index contributed by atoms with van der Waals surface area (Å²) in [6.07, 6.45) is 7.11. The third-order valence-corrected chi connectivity index (χ3v) is 6.85. The van der Waals surface area contributed by atoms with Gasteiger partial charge in [-0.25, -0.2) is 0 Å². The Hall–Kier alpha value is -2.12. The molecule has 1 amide bonds. The number of rotatable bonds is 5. The highest BCUT2D eigenvalue weighted by Gasteiger charge is 2.53. The van der Waals surface area contributed by atoms with Gasteiger partial charge >= 0.3 is 5.97 Å². The maximum absolute atomic E-state index is 13.4. The van der Waals surface area contributed by atoms with Crippen molar-refractivity contribution in [2.75, 3.05) is 39.5 Å². The molecule has 0 aromatic carbocycles. The van der Waals surface area contributed by atoms with Crippen LogP contribution in [0, 0.1) is 5.41 Å². The average molecular weight is 417 g/mol. The highest BCUT2D eigenvalue weighted by atomic mass is 16.5. The van der Waals surface area contributed by atoms with Crippen molar-refractivity contribution in [3.05, 3.63) is 35.8 Å². The SMILES string of the molecule is CCOC(=O)[C@@]12CC=CCN(C(=O)c3ccc([C@@H](C)N4CCOCC4)o3)[C@@H]1CCC2. The Labute approximate surface area is 178 Å². The quantitative estimate of drug-likeness (QED) is 0.542. The zero-order valence-electron chi connectivity index (χ0n) is 18.0. The van der Waals surface area contributed by atoms with Gasteiger partial charge in [0.25, 0.3) is 5.91 Å². The van der Waals surface area contributed by atoms with Crippen LogP contribution < -0.4 is 0 Å². The van der Waals surface area contributed by atoms with Gasteiger partial charge < -0.3 is 18.8 Å². The lowest BCUT2D eigenvalue weighted by atomic mass is 9.79. The standard InChI is InChI=1S/C23H32N2O5/c1-3-29-22(27)23-10-4-5-12-25(20(23)7-6-11-23)21(26)19-9-8-18(30-19)17(2)24-13-15-28-16-14-24/h4-5,8-9,17,20H,3,6-7,10-16H2,1-2H3/t17-,20-,23-/m1/s1. The number of furan rings is 1. The molecular weight excluding hydrogens is 384 g/mol. The first-order valence-corrected chi connectivity index (χ1v) is 11.1. The molecule has 0 unspecified atom stereocenters. The Morgan fingerprint density at radius 2 is 2.07 bits per heavy atom. The van der Waals surface area contributed by atoms with Gasteiger partial charge in [0.15, 0.2) is 5.76 Å². The molecule has 1 aliphatic carbocycles. The van der Waals surface area contributed by atoms with Gasteiger partial charge in [-0.2, -0.15) is 0 Å². The van der Waals surface area contributed by atoms with Gasteiger partial charge in [-0.3, -0.25) is 14.5 Å². The molecule has 1 saturated carbocycles. The Bertz CT molecular complexity index is 797. The normalized spacial score (nSPS) is 28.1. The second-order valence-electron chi connectivity index (χ2n) is 8.44. The third kappa shape index (κ3) is 3.81. The number of fused-ring (bicyclic) bond motifs is 1. The Kier molecular flexibility index (Phi) is 6.29. The number of hydrogen-bond donors (Lipinski definition) is 0. The average Bonchev–Trinajstić information content (AvgIpc) is 3.38. The third-order valence-electron chi connectivity index (χ3n) is 6.85. The van der Waals surface area contributed by atoms with Crippen LogP contribution >= 0.6 is 0 Å². The van der Waals surface area contributed by atoms with Crippen molar-refractivity contribution in [1.29, 1.82) is 0 Å². The fourth-order valence-corrected chi connectivity index (χ4v) is 5.15. The van der Waals surface area contributed by atoms with Crippen LogP contribution in [0.1, 0.15) is 61.9 Å². The predicted molar refractivity (Wildman–Crippen MR) is 111 cm³/mol. The zero-order valence-corrected chi connectivity index (χ0v) is 18.0. The molecule has 164 valence electrons. The number of carbonyl (C=O) groups excluding carboxylic acids is 2. The minimum Gasteiger partial charge on any atom is -0.465 e. The first-order chi connectivity index (χ1) is 14.6. The van der Waals surface area contributed by atoms with Crippen LogP contribution in [0.2, 0.25) is 0 Å². The van der Waals surface area contributed by atoms with E-state index in [-0.39, 0.29) is 24.0 Å². The molecule has 0 bridgehead atoms. The number of amides is 1. The molecule has 2 aliphatic heterocycles. The van der Waals surface area contributed by atoms with Gasteiger partial charge in [0, 0.05) is 25.7 Å². The summed E-state index contributed by atoms with van der Waals surface area (Å²) in [6, 6.07) is 3.59. The highest BCUT2D eigenvalue weighted by molar-refractivity contribution is 5.93. The van der Waals surface area contributed by atoms with E-state index in [2.05, 4.69) is 11.8 Å². The van der Waals surface area contributed by atoms with Gasteiger partial charge in [0.2, 0.25) is 0 Å². The largest absolute Gasteiger partial charge is 0.465 e. The van der Waals surface area contributed by atoms with Crippen LogP contribution in [-0.4, -0.2) is 67.2 Å². The molecule has 2 fully saturated rings. The molecule has 7 nitrogen and oxygen atoms in total. The second-order valence-corrected chi connectivity index (χ2v) is 8.44. The van der Waals surface area contributed by atoms with E-state index in [1.165, 1.54) is 0 Å². The van der Waals surface area contributed by atoms with E-state index in [0.717, 1.165) is 38.1 Å². The topological polar surface area (TPSA) is 72.2 Å². The van der Waals surface area contributed by atoms with Crippen molar-refractivity contribution in [2.24, 2.45) is 5.41 Å². The molecule has 7 heteroatoms. The van der Waals surface area contributed by atoms with Gasteiger partial charge in [0.05, 0.1) is 31.3 Å². The van der Waals surface area contributed by atoms with E-state index in [4.69, 9.17) is 13.9 Å². The van der Waals surface area contributed by atoms with Gasteiger partial charge in [-0.15, -0.1) is 0 Å². The van der Waals surface area contributed by atoms with Gasteiger partial charge in [-0.1, -0.05) is 18.6 Å². The van der Waals surface area contributed by atoms with E-state index in [9.17, 15) is 9.59 Å². The molecule has 1 saturated heterocycles.